The first-order chi connectivity index (χ1) is 34.6. The Kier molecular flexibility index (Phi) is 13.7. The van der Waals surface area contributed by atoms with Crippen LogP contribution in [0.15, 0.2) is 95.7 Å². The summed E-state index contributed by atoms with van der Waals surface area (Å²) in [6.07, 6.45) is 4.18. The number of aliphatic hydroxyl groups is 1. The van der Waals surface area contributed by atoms with E-state index in [9.17, 15) is 19.5 Å². The molecule has 2 aliphatic heterocycles. The maximum atomic E-state index is 14.4. The number of ether oxygens (including phenoxy) is 1. The van der Waals surface area contributed by atoms with Crippen LogP contribution < -0.4 is 15.4 Å². The van der Waals surface area contributed by atoms with Crippen molar-refractivity contribution in [3.63, 3.8) is 0 Å². The third-order valence-electron chi connectivity index (χ3n) is 14.1. The molecular weight excluding hydrogens is 968 g/mol. The van der Waals surface area contributed by atoms with Crippen molar-refractivity contribution in [3.8, 4) is 32.3 Å². The summed E-state index contributed by atoms with van der Waals surface area (Å²) in [7, 11) is 0. The summed E-state index contributed by atoms with van der Waals surface area (Å²) in [4.78, 5) is 55.4. The third-order valence-corrected chi connectivity index (χ3v) is 16.5. The quantitative estimate of drug-likeness (QED) is 0.0957. The van der Waals surface area contributed by atoms with Gasteiger partial charge in [0, 0.05) is 64.6 Å². The summed E-state index contributed by atoms with van der Waals surface area (Å²) in [5.74, 6) is 1.16. The Morgan fingerprint density at radius 2 is 1.67 bits per heavy atom. The van der Waals surface area contributed by atoms with Crippen LogP contribution in [0.1, 0.15) is 109 Å². The number of amides is 3. The van der Waals surface area contributed by atoms with Crippen molar-refractivity contribution in [2.45, 2.75) is 117 Å². The lowest BCUT2D eigenvalue weighted by Crippen LogP contribution is -2.49. The minimum Gasteiger partial charge on any atom is -0.490 e. The number of carbonyl (C=O) groups is 3. The average Bonchev–Trinajstić information content (AvgIpc) is 4.19. The zero-order valence-electron chi connectivity index (χ0n) is 41.2. The Morgan fingerprint density at radius 3 is 2.39 bits per heavy atom. The topological polar surface area (TPSA) is 182 Å². The fourth-order valence-corrected chi connectivity index (χ4v) is 12.2. The molecule has 1 saturated heterocycles. The van der Waals surface area contributed by atoms with Gasteiger partial charge in [-0.3, -0.25) is 28.6 Å². The smallest absolute Gasteiger partial charge is 0.248 e. The van der Waals surface area contributed by atoms with E-state index in [-0.39, 0.29) is 61.2 Å². The Hall–Kier alpha value is -6.53. The molecule has 4 aromatic heterocycles. The van der Waals surface area contributed by atoms with Crippen LogP contribution in [0.3, 0.4) is 0 Å². The second kappa shape index (κ2) is 20.2. The molecule has 3 amide bonds. The number of likely N-dealkylation sites (tertiary alicyclic amines) is 1. The number of benzene rings is 3. The van der Waals surface area contributed by atoms with Crippen molar-refractivity contribution < 1.29 is 24.2 Å². The van der Waals surface area contributed by atoms with Crippen LogP contribution in [0.4, 0.5) is 0 Å². The highest BCUT2D eigenvalue weighted by Gasteiger charge is 2.43. The van der Waals surface area contributed by atoms with Gasteiger partial charge in [-0.15, -0.1) is 32.9 Å². The number of halogens is 1. The molecule has 72 heavy (non-hydrogen) atoms. The van der Waals surface area contributed by atoms with Crippen molar-refractivity contribution in [2.75, 3.05) is 6.54 Å². The van der Waals surface area contributed by atoms with Crippen LogP contribution in [0.5, 0.6) is 5.75 Å². The van der Waals surface area contributed by atoms with E-state index in [1.54, 1.807) is 33.6 Å². The van der Waals surface area contributed by atoms with Gasteiger partial charge in [-0.1, -0.05) is 74.0 Å². The van der Waals surface area contributed by atoms with Crippen LogP contribution in [-0.2, 0) is 14.4 Å². The molecule has 3 aliphatic rings. The minimum absolute atomic E-state index is 0.0529. The van der Waals surface area contributed by atoms with E-state index in [4.69, 9.17) is 21.3 Å². The van der Waals surface area contributed by atoms with Gasteiger partial charge in [0.15, 0.2) is 5.82 Å². The first-order valence-corrected chi connectivity index (χ1v) is 26.4. The fourth-order valence-electron chi connectivity index (χ4n) is 10.0. The van der Waals surface area contributed by atoms with Crippen molar-refractivity contribution in [1.82, 2.24) is 45.1 Å². The molecule has 6 heterocycles. The fraction of sp³-hybridized carbons (Fsp3) is 0.370. The summed E-state index contributed by atoms with van der Waals surface area (Å²) in [6, 6.07) is 20.9. The second-order valence-electron chi connectivity index (χ2n) is 19.5. The number of hydrogen-bond donors (Lipinski definition) is 3. The number of β-amino-alcohol motifs (C(OH)–C–C–N with tert-alkyl or cyclic N) is 1. The van der Waals surface area contributed by atoms with Crippen LogP contribution in [-0.4, -0.2) is 93.8 Å². The van der Waals surface area contributed by atoms with E-state index in [0.29, 0.717) is 29.4 Å². The second-order valence-corrected chi connectivity index (χ2v) is 22.0. The molecular formula is C54H57ClN10O5S2. The van der Waals surface area contributed by atoms with E-state index in [1.165, 1.54) is 9.78 Å². The standard InChI is InChI=1S/C54H57ClN10O5S2/c1-28(2)49(53(69)63-26-41(66)22-45(63)52(68)58-30(4)34-11-13-36(14-12-34)50-31(5)56-27-71-50)64-25-38(24-57-64)37-9-8-10-42(19-37)70-43-20-40(21-43)59-46(67)23-44-51-62-61-33(7)65(51)54-47(29(3)32(6)72-54)48(60-44)35-15-17-39(55)18-16-35/h8-19,24-25,27-28,30,40-41,43-45,49,66H,20-23,26H2,1-7H3,(H,58,68)(H,59,67)/t30-,40-,41+,43+,44-,45-,49+/m0/s1. The normalized spacial score (nSPS) is 20.2. The Balaban J connectivity index is 0.762. The molecule has 3 aromatic carbocycles. The molecule has 1 aliphatic carbocycles. The highest BCUT2D eigenvalue weighted by atomic mass is 35.5. The molecule has 3 N–H and O–H groups in total. The van der Waals surface area contributed by atoms with Crippen LogP contribution in [0, 0.1) is 33.6 Å². The summed E-state index contributed by atoms with van der Waals surface area (Å²) >= 11 is 9.55. The first kappa shape index (κ1) is 49.1. The number of hydrogen-bond acceptors (Lipinski definition) is 12. The highest BCUT2D eigenvalue weighted by molar-refractivity contribution is 7.15. The van der Waals surface area contributed by atoms with Crippen molar-refractivity contribution in [2.24, 2.45) is 10.9 Å². The van der Waals surface area contributed by atoms with Gasteiger partial charge in [-0.05, 0) is 87.1 Å². The minimum atomic E-state index is -0.834. The van der Waals surface area contributed by atoms with Gasteiger partial charge in [-0.25, -0.2) is 4.98 Å². The molecule has 15 nitrogen and oxygen atoms in total. The number of thiazole rings is 1. The van der Waals surface area contributed by atoms with Gasteiger partial charge < -0.3 is 25.4 Å². The maximum Gasteiger partial charge on any atom is 0.248 e. The Labute approximate surface area is 431 Å². The van der Waals surface area contributed by atoms with Gasteiger partial charge in [0.2, 0.25) is 17.7 Å². The number of aliphatic imine (C=N–C) groups is 1. The average molecular weight is 1030 g/mol. The molecule has 372 valence electrons. The van der Waals surface area contributed by atoms with Gasteiger partial charge in [-0.2, -0.15) is 5.10 Å². The zero-order valence-corrected chi connectivity index (χ0v) is 43.6. The van der Waals surface area contributed by atoms with Crippen molar-refractivity contribution in [1.29, 1.82) is 0 Å². The number of aryl methyl sites for hydroxylation is 3. The van der Waals surface area contributed by atoms with E-state index in [0.717, 1.165) is 66.1 Å². The number of nitrogens with zero attached hydrogens (tertiary/aromatic N) is 8. The molecule has 5 atom stereocenters. The molecule has 0 spiro atoms. The predicted octanol–water partition coefficient (Wildman–Crippen LogP) is 9.25. The Bertz CT molecular complexity index is 3190. The maximum absolute atomic E-state index is 14.4. The summed E-state index contributed by atoms with van der Waals surface area (Å²) < 4.78 is 10.1. The highest BCUT2D eigenvalue weighted by Crippen LogP contribution is 2.40. The number of aromatic nitrogens is 6. The number of fused-ring (bicyclic) bond motifs is 3. The van der Waals surface area contributed by atoms with E-state index >= 15 is 0 Å². The lowest BCUT2D eigenvalue weighted by atomic mass is 9.89. The lowest BCUT2D eigenvalue weighted by Gasteiger charge is -2.36. The third kappa shape index (κ3) is 9.74. The van der Waals surface area contributed by atoms with E-state index in [1.807, 2.05) is 124 Å². The SMILES string of the molecule is Cc1ncsc1-c1ccc([C@H](C)NC(=O)[C@@H]2C[C@@H](O)CN2C(=O)[C@@H](C(C)C)n2cc(-c3cccc(O[C@H]4C[C@@H](NC(=O)C[C@@H]5N=C(c6ccc(Cl)cc6)c6c(sc(C)c6C)-n6c(C)nnc65)C4)c3)cn2)cc1. The van der Waals surface area contributed by atoms with Crippen molar-refractivity contribution in [3.05, 3.63) is 140 Å². The molecule has 0 radical (unpaired) electrons. The van der Waals surface area contributed by atoms with Gasteiger partial charge in [0.25, 0.3) is 0 Å². The molecule has 0 bridgehead atoms. The molecule has 7 aromatic rings. The van der Waals surface area contributed by atoms with Crippen LogP contribution >= 0.6 is 34.3 Å². The molecule has 10 rings (SSSR count). The first-order valence-electron chi connectivity index (χ1n) is 24.4. The molecule has 18 heteroatoms. The number of aliphatic hydroxyl groups excluding tert-OH is 1. The summed E-state index contributed by atoms with van der Waals surface area (Å²) in [5.41, 5.74) is 10.3. The van der Waals surface area contributed by atoms with Crippen LogP contribution in [0.2, 0.25) is 5.02 Å². The number of thiophene rings is 1. The molecule has 0 unspecified atom stereocenters. The van der Waals surface area contributed by atoms with E-state index in [2.05, 4.69) is 44.8 Å². The predicted molar refractivity (Wildman–Crippen MR) is 280 cm³/mol. The lowest BCUT2D eigenvalue weighted by molar-refractivity contribution is -0.142. The number of carbonyl (C=O) groups excluding carboxylic acids is 3. The largest absolute Gasteiger partial charge is 0.490 e. The Morgan fingerprint density at radius 1 is 0.917 bits per heavy atom. The van der Waals surface area contributed by atoms with Gasteiger partial charge in [0.1, 0.15) is 40.8 Å². The van der Waals surface area contributed by atoms with E-state index < -0.39 is 24.2 Å². The summed E-state index contributed by atoms with van der Waals surface area (Å²) in [5, 5.41) is 32.4. The van der Waals surface area contributed by atoms with Gasteiger partial charge in [0.05, 0.1) is 46.6 Å². The summed E-state index contributed by atoms with van der Waals surface area (Å²) in [6.45, 7) is 14.0. The molecule has 2 fully saturated rings. The van der Waals surface area contributed by atoms with Gasteiger partial charge >= 0.3 is 0 Å². The monoisotopic (exact) mass is 1020 g/mol. The van der Waals surface area contributed by atoms with Crippen LogP contribution in [0.25, 0.3) is 26.6 Å². The zero-order chi connectivity index (χ0) is 50.5. The van der Waals surface area contributed by atoms with Crippen molar-refractivity contribution >= 4 is 57.7 Å². The molecule has 1 saturated carbocycles. The number of rotatable bonds is 14. The number of nitrogens with one attached hydrogen (secondary N) is 2.